The standard InChI is InChI=1S/C15H20N2O5/c1-22-13-4-2-11(3-5-13)8-16-6-7-17(15(20)21)9-12(10-18)14(16)19/h2-5,12,18H,6-10H2,1H3,(H,20,21). The Morgan fingerprint density at radius 2 is 2.00 bits per heavy atom. The summed E-state index contributed by atoms with van der Waals surface area (Å²) in [5.41, 5.74) is 0.926. The first-order valence-corrected chi connectivity index (χ1v) is 7.05. The predicted molar refractivity (Wildman–Crippen MR) is 78.6 cm³/mol. The van der Waals surface area contributed by atoms with Crippen LogP contribution in [0, 0.1) is 5.92 Å². The van der Waals surface area contributed by atoms with Gasteiger partial charge < -0.3 is 24.7 Å². The highest BCUT2D eigenvalue weighted by molar-refractivity contribution is 5.80. The van der Waals surface area contributed by atoms with Crippen LogP contribution in [-0.4, -0.2) is 65.4 Å². The van der Waals surface area contributed by atoms with Crippen LogP contribution in [0.5, 0.6) is 5.75 Å². The molecule has 7 heteroatoms. The molecule has 22 heavy (non-hydrogen) atoms. The lowest BCUT2D eigenvalue weighted by atomic mass is 10.1. The number of ether oxygens (including phenoxy) is 1. The molecule has 0 aliphatic carbocycles. The molecule has 7 nitrogen and oxygen atoms in total. The van der Waals surface area contributed by atoms with Crippen LogP contribution in [0.25, 0.3) is 0 Å². The van der Waals surface area contributed by atoms with E-state index < -0.39 is 12.0 Å². The third kappa shape index (κ3) is 3.67. The lowest BCUT2D eigenvalue weighted by Gasteiger charge is -2.23. The second-order valence-electron chi connectivity index (χ2n) is 5.22. The number of carboxylic acid groups (broad SMARTS) is 1. The van der Waals surface area contributed by atoms with Gasteiger partial charge in [0.25, 0.3) is 0 Å². The van der Waals surface area contributed by atoms with Crippen molar-refractivity contribution in [2.45, 2.75) is 6.54 Å². The van der Waals surface area contributed by atoms with Gasteiger partial charge in [0.2, 0.25) is 5.91 Å². The van der Waals surface area contributed by atoms with Gasteiger partial charge in [-0.1, -0.05) is 12.1 Å². The molecule has 1 aromatic rings. The fourth-order valence-corrected chi connectivity index (χ4v) is 2.46. The maximum atomic E-state index is 12.4. The van der Waals surface area contributed by atoms with Crippen molar-refractivity contribution in [2.75, 3.05) is 33.4 Å². The van der Waals surface area contributed by atoms with Gasteiger partial charge in [0, 0.05) is 26.2 Å². The zero-order valence-electron chi connectivity index (χ0n) is 12.4. The molecule has 2 N–H and O–H groups in total. The van der Waals surface area contributed by atoms with Crippen molar-refractivity contribution >= 4 is 12.0 Å². The van der Waals surface area contributed by atoms with Crippen molar-refractivity contribution in [3.63, 3.8) is 0 Å². The van der Waals surface area contributed by atoms with E-state index in [-0.39, 0.29) is 25.6 Å². The Morgan fingerprint density at radius 1 is 1.32 bits per heavy atom. The van der Waals surface area contributed by atoms with E-state index in [2.05, 4.69) is 0 Å². The summed E-state index contributed by atoms with van der Waals surface area (Å²) in [5.74, 6) is -0.199. The minimum absolute atomic E-state index is 0.0315. The Hall–Kier alpha value is -2.28. The molecule has 0 radical (unpaired) electrons. The first-order chi connectivity index (χ1) is 10.5. The third-order valence-electron chi connectivity index (χ3n) is 3.76. The number of carbonyl (C=O) groups is 2. The predicted octanol–water partition coefficient (Wildman–Crippen LogP) is 0.626. The van der Waals surface area contributed by atoms with Crippen molar-refractivity contribution < 1.29 is 24.5 Å². The van der Waals surface area contributed by atoms with Crippen LogP contribution in [-0.2, 0) is 11.3 Å². The van der Waals surface area contributed by atoms with Gasteiger partial charge in [0.1, 0.15) is 5.75 Å². The summed E-state index contributed by atoms with van der Waals surface area (Å²) in [7, 11) is 1.58. The molecule has 0 saturated carbocycles. The number of nitrogens with zero attached hydrogens (tertiary/aromatic N) is 2. The molecule has 1 aliphatic rings. The summed E-state index contributed by atoms with van der Waals surface area (Å²) in [5, 5.41) is 18.5. The molecule has 0 aromatic heterocycles. The quantitative estimate of drug-likeness (QED) is 0.851. The smallest absolute Gasteiger partial charge is 0.407 e. The van der Waals surface area contributed by atoms with Crippen LogP contribution in [0.15, 0.2) is 24.3 Å². The van der Waals surface area contributed by atoms with Crippen LogP contribution in [0.4, 0.5) is 4.79 Å². The van der Waals surface area contributed by atoms with Gasteiger partial charge in [0.15, 0.2) is 0 Å². The van der Waals surface area contributed by atoms with E-state index in [1.54, 1.807) is 12.0 Å². The molecule has 2 rings (SSSR count). The zero-order valence-corrected chi connectivity index (χ0v) is 12.4. The summed E-state index contributed by atoms with van der Waals surface area (Å²) in [6.45, 7) is 0.611. The van der Waals surface area contributed by atoms with Gasteiger partial charge in [0.05, 0.1) is 19.6 Å². The number of hydrogen-bond acceptors (Lipinski definition) is 4. The summed E-state index contributed by atoms with van der Waals surface area (Å²) in [6.07, 6.45) is -1.07. The molecule has 1 atom stereocenters. The van der Waals surface area contributed by atoms with E-state index in [0.29, 0.717) is 13.1 Å². The Morgan fingerprint density at radius 3 is 2.55 bits per heavy atom. The van der Waals surface area contributed by atoms with Gasteiger partial charge >= 0.3 is 6.09 Å². The molecule has 2 amide bonds. The number of aliphatic hydroxyl groups excluding tert-OH is 1. The molecule has 1 fully saturated rings. The Kier molecular flexibility index (Phi) is 5.21. The highest BCUT2D eigenvalue weighted by Gasteiger charge is 2.31. The van der Waals surface area contributed by atoms with E-state index in [1.807, 2.05) is 24.3 Å². The molecule has 1 saturated heterocycles. The van der Waals surface area contributed by atoms with Crippen LogP contribution >= 0.6 is 0 Å². The molecule has 0 spiro atoms. The van der Waals surface area contributed by atoms with Crippen molar-refractivity contribution in [2.24, 2.45) is 5.92 Å². The number of amides is 2. The topological polar surface area (TPSA) is 90.3 Å². The fraction of sp³-hybridized carbons (Fsp3) is 0.467. The van der Waals surface area contributed by atoms with E-state index in [1.165, 1.54) is 4.90 Å². The number of aliphatic hydroxyl groups is 1. The van der Waals surface area contributed by atoms with E-state index in [9.17, 15) is 14.7 Å². The highest BCUT2D eigenvalue weighted by atomic mass is 16.5. The monoisotopic (exact) mass is 308 g/mol. The zero-order chi connectivity index (χ0) is 16.1. The minimum Gasteiger partial charge on any atom is -0.497 e. The second kappa shape index (κ2) is 7.13. The molecule has 1 aromatic carbocycles. The first-order valence-electron chi connectivity index (χ1n) is 7.05. The van der Waals surface area contributed by atoms with Gasteiger partial charge in [-0.3, -0.25) is 4.79 Å². The SMILES string of the molecule is COc1ccc(CN2CCN(C(=O)O)CC(CO)C2=O)cc1. The van der Waals surface area contributed by atoms with E-state index in [4.69, 9.17) is 9.84 Å². The van der Waals surface area contributed by atoms with Crippen molar-refractivity contribution in [1.29, 1.82) is 0 Å². The maximum Gasteiger partial charge on any atom is 0.407 e. The van der Waals surface area contributed by atoms with Gasteiger partial charge in [-0.25, -0.2) is 4.79 Å². The van der Waals surface area contributed by atoms with Gasteiger partial charge in [-0.2, -0.15) is 0 Å². The Labute approximate surface area is 128 Å². The summed E-state index contributed by atoms with van der Waals surface area (Å²) < 4.78 is 5.09. The average molecular weight is 308 g/mol. The summed E-state index contributed by atoms with van der Waals surface area (Å²) >= 11 is 0. The lowest BCUT2D eigenvalue weighted by Crippen LogP contribution is -2.38. The van der Waals surface area contributed by atoms with Crippen molar-refractivity contribution in [3.8, 4) is 5.75 Å². The normalized spacial score (nSPS) is 19.0. The van der Waals surface area contributed by atoms with Crippen LogP contribution in [0.2, 0.25) is 0 Å². The Balaban J connectivity index is 2.11. The van der Waals surface area contributed by atoms with Gasteiger partial charge in [-0.15, -0.1) is 0 Å². The minimum atomic E-state index is -1.07. The van der Waals surface area contributed by atoms with Crippen LogP contribution in [0.3, 0.4) is 0 Å². The maximum absolute atomic E-state index is 12.4. The van der Waals surface area contributed by atoms with E-state index >= 15 is 0 Å². The van der Waals surface area contributed by atoms with E-state index in [0.717, 1.165) is 11.3 Å². The lowest BCUT2D eigenvalue weighted by molar-refractivity contribution is -0.136. The van der Waals surface area contributed by atoms with Gasteiger partial charge in [-0.05, 0) is 17.7 Å². The number of rotatable bonds is 4. The number of benzene rings is 1. The number of carbonyl (C=O) groups excluding carboxylic acids is 1. The fourth-order valence-electron chi connectivity index (χ4n) is 2.46. The van der Waals surface area contributed by atoms with Crippen molar-refractivity contribution in [1.82, 2.24) is 9.80 Å². The molecule has 1 aliphatic heterocycles. The third-order valence-corrected chi connectivity index (χ3v) is 3.76. The second-order valence-corrected chi connectivity index (χ2v) is 5.22. The molecule has 120 valence electrons. The molecule has 1 unspecified atom stereocenters. The van der Waals surface area contributed by atoms with Crippen LogP contribution < -0.4 is 4.74 Å². The number of hydrogen-bond donors (Lipinski definition) is 2. The molecule has 0 bridgehead atoms. The highest BCUT2D eigenvalue weighted by Crippen LogP contribution is 2.17. The molecule has 1 heterocycles. The summed E-state index contributed by atoms with van der Waals surface area (Å²) in [4.78, 5) is 26.3. The number of methoxy groups -OCH3 is 1. The Bertz CT molecular complexity index is 531. The molecular formula is C15H20N2O5. The largest absolute Gasteiger partial charge is 0.497 e. The van der Waals surface area contributed by atoms with Crippen molar-refractivity contribution in [3.05, 3.63) is 29.8 Å². The van der Waals surface area contributed by atoms with Crippen LogP contribution in [0.1, 0.15) is 5.56 Å². The average Bonchev–Trinajstić information content (AvgIpc) is 2.68. The summed E-state index contributed by atoms with van der Waals surface area (Å²) in [6, 6.07) is 7.34. The first kappa shape index (κ1) is 16.1. The molecular weight excluding hydrogens is 288 g/mol.